The third kappa shape index (κ3) is 15.4. The lowest BCUT2D eigenvalue weighted by molar-refractivity contribution is -0.00907. The first-order chi connectivity index (χ1) is 23.5. The Labute approximate surface area is 305 Å². The van der Waals surface area contributed by atoms with Crippen LogP contribution in [0.25, 0.3) is 0 Å². The Kier molecular flexibility index (Phi) is 19.2. The summed E-state index contributed by atoms with van der Waals surface area (Å²) in [6.07, 6.45) is 1.71. The molecular weight excluding hydrogens is 669 g/mol. The fraction of sp³-hybridized carbons (Fsp3) is 0.684. The predicted octanol–water partition coefficient (Wildman–Crippen LogP) is 7.08. The molecule has 50 heavy (non-hydrogen) atoms. The van der Waals surface area contributed by atoms with Gasteiger partial charge in [0.25, 0.3) is 0 Å². The second-order valence-electron chi connectivity index (χ2n) is 15.6. The van der Waals surface area contributed by atoms with Crippen molar-refractivity contribution in [3.8, 4) is 11.5 Å². The molecule has 2 aromatic rings. The summed E-state index contributed by atoms with van der Waals surface area (Å²) in [5.41, 5.74) is 2.08. The molecule has 0 fully saturated rings. The summed E-state index contributed by atoms with van der Waals surface area (Å²) in [6, 6.07) is 16.1. The Morgan fingerprint density at radius 2 is 1.14 bits per heavy atom. The number of rotatable bonds is 26. The summed E-state index contributed by atoms with van der Waals surface area (Å²) in [5, 5.41) is 7.65. The Bertz CT molecular complexity index is 1130. The van der Waals surface area contributed by atoms with Gasteiger partial charge in [0.2, 0.25) is 0 Å². The number of hydrogen-bond donors (Lipinski definition) is 3. The first-order valence-corrected chi connectivity index (χ1v) is 23.8. The molecule has 0 aromatic heterocycles. The zero-order valence-corrected chi connectivity index (χ0v) is 34.9. The lowest BCUT2D eigenvalue weighted by atomic mass is 9.96. The largest absolute Gasteiger partial charge is 0.467 e. The van der Waals surface area contributed by atoms with Crippen molar-refractivity contribution in [2.24, 2.45) is 0 Å². The Balaban J connectivity index is 2.37. The van der Waals surface area contributed by atoms with Crippen LogP contribution in [0.15, 0.2) is 48.5 Å². The molecule has 286 valence electrons. The molecule has 0 saturated heterocycles. The second kappa shape index (κ2) is 21.6. The number of para-hydroxylation sites is 2. The smallest absolute Gasteiger partial charge is 0.192 e. The molecule has 10 nitrogen and oxygen atoms in total. The minimum absolute atomic E-state index is 0.0202. The maximum atomic E-state index is 11.2. The summed E-state index contributed by atoms with van der Waals surface area (Å²) >= 11 is 0. The van der Waals surface area contributed by atoms with Gasteiger partial charge in [-0.3, -0.25) is 0 Å². The average Bonchev–Trinajstić information content (AvgIpc) is 3.05. The van der Waals surface area contributed by atoms with E-state index >= 15 is 0 Å². The zero-order valence-electron chi connectivity index (χ0n) is 32.9. The summed E-state index contributed by atoms with van der Waals surface area (Å²) in [4.78, 5) is 11.2. The van der Waals surface area contributed by atoms with E-state index in [1.807, 2.05) is 49.5 Å². The molecule has 0 saturated carbocycles. The molecule has 3 N–H and O–H groups in total. The molecule has 0 amide bonds. The third-order valence-electron chi connectivity index (χ3n) is 10.2. The summed E-state index contributed by atoms with van der Waals surface area (Å²) in [7, 11) is -1.19. The standard InChI is InChI=1S/C38H68N2O8Si2/c1-37(2,3)50(10,11)48-28-34(40-27-32-17-13-15-19-36(32)47-30-45-25-23-43-7)33(20-21-38(4,5)49(8,9)41)39-26-31-16-12-14-18-35(31)46-29-44-24-22-42-6/h12-19,33-34,39-41H,20-30H2,1-11H3/t33-,34-/m0/s1. The van der Waals surface area contributed by atoms with Crippen molar-refractivity contribution in [3.05, 3.63) is 59.7 Å². The predicted molar refractivity (Wildman–Crippen MR) is 207 cm³/mol. The van der Waals surface area contributed by atoms with Crippen molar-refractivity contribution >= 4 is 16.6 Å². The first-order valence-electron chi connectivity index (χ1n) is 17.9. The van der Waals surface area contributed by atoms with Crippen LogP contribution in [0.1, 0.15) is 58.6 Å². The maximum Gasteiger partial charge on any atom is 0.192 e. The SMILES string of the molecule is COCCOCOc1ccccc1CN[C@@H](CCC(C)(C)[Si](C)(C)O)[C@H](CO[Si](C)(C)C(C)(C)C)NCc1ccccc1OCOCCOC. The molecule has 0 aliphatic rings. The molecule has 2 atom stereocenters. The lowest BCUT2D eigenvalue weighted by Crippen LogP contribution is -2.53. The quantitative estimate of drug-likeness (QED) is 0.0527. The fourth-order valence-corrected chi connectivity index (χ4v) is 6.56. The van der Waals surface area contributed by atoms with E-state index in [4.69, 9.17) is 32.8 Å². The molecule has 0 radical (unpaired) electrons. The number of ether oxygens (including phenoxy) is 6. The van der Waals surface area contributed by atoms with E-state index in [0.717, 1.165) is 35.5 Å². The summed E-state index contributed by atoms with van der Waals surface area (Å²) in [6.45, 7) is 23.8. The molecule has 0 aliphatic heterocycles. The number of hydrogen-bond acceptors (Lipinski definition) is 10. The Morgan fingerprint density at radius 1 is 0.680 bits per heavy atom. The van der Waals surface area contributed by atoms with Crippen LogP contribution < -0.4 is 20.1 Å². The minimum Gasteiger partial charge on any atom is -0.467 e. The highest BCUT2D eigenvalue weighted by atomic mass is 28.4. The molecule has 0 heterocycles. The number of methoxy groups -OCH3 is 2. The molecule has 0 spiro atoms. The normalized spacial score (nSPS) is 14.1. The van der Waals surface area contributed by atoms with E-state index in [0.29, 0.717) is 46.1 Å². The van der Waals surface area contributed by atoms with Crippen LogP contribution in [0.3, 0.4) is 0 Å². The fourth-order valence-electron chi connectivity index (χ4n) is 4.78. The van der Waals surface area contributed by atoms with E-state index in [9.17, 15) is 4.80 Å². The van der Waals surface area contributed by atoms with Crippen LogP contribution in [0.4, 0.5) is 0 Å². The van der Waals surface area contributed by atoms with Crippen LogP contribution in [0, 0.1) is 0 Å². The van der Waals surface area contributed by atoms with E-state index in [1.165, 1.54) is 0 Å². The highest BCUT2D eigenvalue weighted by Gasteiger charge is 2.40. The van der Waals surface area contributed by atoms with E-state index in [1.54, 1.807) is 14.2 Å². The van der Waals surface area contributed by atoms with Crippen molar-refractivity contribution in [2.75, 3.05) is 60.8 Å². The van der Waals surface area contributed by atoms with Crippen LogP contribution in [0.2, 0.25) is 36.3 Å². The second-order valence-corrected chi connectivity index (χ2v) is 24.9. The highest BCUT2D eigenvalue weighted by molar-refractivity contribution is 6.74. The van der Waals surface area contributed by atoms with Gasteiger partial charge in [-0.25, -0.2) is 0 Å². The van der Waals surface area contributed by atoms with Gasteiger partial charge in [-0.05, 0) is 61.2 Å². The Morgan fingerprint density at radius 3 is 1.58 bits per heavy atom. The van der Waals surface area contributed by atoms with Gasteiger partial charge in [0.15, 0.2) is 30.2 Å². The van der Waals surface area contributed by atoms with Crippen LogP contribution >= 0.6 is 0 Å². The van der Waals surface area contributed by atoms with Gasteiger partial charge in [0.1, 0.15) is 11.5 Å². The van der Waals surface area contributed by atoms with Crippen molar-refractivity contribution in [1.82, 2.24) is 10.6 Å². The van der Waals surface area contributed by atoms with Crippen LogP contribution in [-0.2, 0) is 36.5 Å². The van der Waals surface area contributed by atoms with Crippen LogP contribution in [-0.4, -0.2) is 94.4 Å². The van der Waals surface area contributed by atoms with Crippen molar-refractivity contribution in [3.63, 3.8) is 0 Å². The number of benzene rings is 2. The Hall–Kier alpha value is -1.85. The lowest BCUT2D eigenvalue weighted by Gasteiger charge is -2.40. The van der Waals surface area contributed by atoms with Gasteiger partial charge in [0.05, 0.1) is 33.0 Å². The van der Waals surface area contributed by atoms with Crippen LogP contribution in [0.5, 0.6) is 11.5 Å². The molecular formula is C38H68N2O8Si2. The third-order valence-corrected chi connectivity index (χ3v) is 18.2. The van der Waals surface area contributed by atoms with E-state index in [-0.39, 0.29) is 35.7 Å². The maximum absolute atomic E-state index is 11.2. The van der Waals surface area contributed by atoms with Gasteiger partial charge in [-0.2, -0.15) is 0 Å². The van der Waals surface area contributed by atoms with Gasteiger partial charge >= 0.3 is 0 Å². The van der Waals surface area contributed by atoms with Crippen molar-refractivity contribution < 1.29 is 37.6 Å². The van der Waals surface area contributed by atoms with Crippen molar-refractivity contribution in [2.45, 2.75) is 109 Å². The first kappa shape index (κ1) is 44.3. The molecule has 2 aromatic carbocycles. The van der Waals surface area contributed by atoms with E-state index in [2.05, 4.69) is 70.5 Å². The van der Waals surface area contributed by atoms with E-state index < -0.39 is 16.6 Å². The average molecular weight is 737 g/mol. The van der Waals surface area contributed by atoms with Crippen molar-refractivity contribution in [1.29, 1.82) is 0 Å². The topological polar surface area (TPSA) is 109 Å². The summed E-state index contributed by atoms with van der Waals surface area (Å²) in [5.74, 6) is 1.56. The van der Waals surface area contributed by atoms with Gasteiger partial charge in [0, 0.05) is 50.5 Å². The molecule has 0 bridgehead atoms. The summed E-state index contributed by atoms with van der Waals surface area (Å²) < 4.78 is 40.3. The monoisotopic (exact) mass is 736 g/mol. The molecule has 0 unspecified atom stereocenters. The minimum atomic E-state index is -2.43. The molecule has 0 aliphatic carbocycles. The van der Waals surface area contributed by atoms with Gasteiger partial charge in [-0.1, -0.05) is 71.0 Å². The highest BCUT2D eigenvalue weighted by Crippen LogP contribution is 2.41. The zero-order chi connectivity index (χ0) is 37.3. The van der Waals surface area contributed by atoms with Gasteiger partial charge in [-0.15, -0.1) is 0 Å². The molecule has 2 rings (SSSR count). The van der Waals surface area contributed by atoms with Gasteiger partial charge < -0.3 is 48.3 Å². The molecule has 12 heteroatoms. The number of nitrogens with one attached hydrogen (secondary N) is 2.